The summed E-state index contributed by atoms with van der Waals surface area (Å²) in [7, 11) is 0. The molecule has 3 saturated heterocycles. The van der Waals surface area contributed by atoms with Crippen molar-refractivity contribution in [1.29, 1.82) is 0 Å². The third kappa shape index (κ3) is 1.95. The minimum atomic E-state index is -0.616. The van der Waals surface area contributed by atoms with Crippen molar-refractivity contribution in [2.45, 2.75) is 57.2 Å². The molecule has 0 radical (unpaired) electrons. The number of nitrogens with zero attached hydrogens (tertiary/aromatic N) is 2. The first kappa shape index (κ1) is 12.4. The van der Waals surface area contributed by atoms with Crippen molar-refractivity contribution in [3.05, 3.63) is 0 Å². The summed E-state index contributed by atoms with van der Waals surface area (Å²) in [6.07, 6.45) is 6.12. The Bertz CT molecular complexity index is 334. The van der Waals surface area contributed by atoms with Crippen molar-refractivity contribution in [3.63, 3.8) is 0 Å². The van der Waals surface area contributed by atoms with Gasteiger partial charge in [-0.1, -0.05) is 13.3 Å². The number of piperidine rings is 1. The Morgan fingerprint density at radius 2 is 1.89 bits per heavy atom. The van der Waals surface area contributed by atoms with E-state index in [1.807, 2.05) is 0 Å². The van der Waals surface area contributed by atoms with Crippen LogP contribution in [0.1, 0.15) is 39.0 Å². The summed E-state index contributed by atoms with van der Waals surface area (Å²) >= 11 is 0. The van der Waals surface area contributed by atoms with E-state index >= 15 is 0 Å². The summed E-state index contributed by atoms with van der Waals surface area (Å²) in [6, 6.07) is 0.888. The van der Waals surface area contributed by atoms with Crippen molar-refractivity contribution >= 4 is 5.97 Å². The van der Waals surface area contributed by atoms with Gasteiger partial charge in [0.05, 0.1) is 0 Å². The minimum absolute atomic E-state index is 0.239. The molecule has 0 aliphatic carbocycles. The fourth-order valence-electron chi connectivity index (χ4n) is 4.34. The Kier molecular flexibility index (Phi) is 3.32. The van der Waals surface area contributed by atoms with Gasteiger partial charge >= 0.3 is 5.97 Å². The van der Waals surface area contributed by atoms with Gasteiger partial charge < -0.3 is 5.11 Å². The Morgan fingerprint density at radius 1 is 1.06 bits per heavy atom. The first-order valence-corrected chi connectivity index (χ1v) is 7.41. The van der Waals surface area contributed by atoms with E-state index in [-0.39, 0.29) is 6.04 Å². The molecule has 4 unspecified atom stereocenters. The highest BCUT2D eigenvalue weighted by Gasteiger charge is 2.46. The molecule has 0 aromatic carbocycles. The molecule has 4 nitrogen and oxygen atoms in total. The highest BCUT2D eigenvalue weighted by Crippen LogP contribution is 2.36. The van der Waals surface area contributed by atoms with Crippen LogP contribution in [0.2, 0.25) is 0 Å². The predicted molar refractivity (Wildman–Crippen MR) is 69.5 cm³/mol. The molecular formula is C14H24N2O2. The van der Waals surface area contributed by atoms with Crippen LogP contribution in [0.4, 0.5) is 0 Å². The minimum Gasteiger partial charge on any atom is -0.480 e. The monoisotopic (exact) mass is 252 g/mol. The predicted octanol–water partition coefficient (Wildman–Crippen LogP) is 1.41. The van der Waals surface area contributed by atoms with Gasteiger partial charge in [-0.3, -0.25) is 14.6 Å². The van der Waals surface area contributed by atoms with Gasteiger partial charge in [0.2, 0.25) is 0 Å². The van der Waals surface area contributed by atoms with Crippen molar-refractivity contribution < 1.29 is 9.90 Å². The molecule has 3 fully saturated rings. The van der Waals surface area contributed by atoms with Gasteiger partial charge in [0.1, 0.15) is 6.04 Å². The average Bonchev–Trinajstić information content (AvgIpc) is 2.92. The quantitative estimate of drug-likeness (QED) is 0.807. The Labute approximate surface area is 109 Å². The molecule has 0 spiro atoms. The van der Waals surface area contributed by atoms with Crippen molar-refractivity contribution in [3.8, 4) is 0 Å². The number of hydrogen-bond donors (Lipinski definition) is 1. The zero-order valence-corrected chi connectivity index (χ0v) is 11.2. The molecule has 1 N–H and O–H groups in total. The SMILES string of the molecule is CC1CCN(C2CCN3CCCCC23)C1C(=O)O. The van der Waals surface area contributed by atoms with Crippen LogP contribution in [0.3, 0.4) is 0 Å². The third-order valence-corrected chi connectivity index (χ3v) is 5.24. The standard InChI is InChI=1S/C14H24N2O2/c1-10-5-9-16(13(10)14(17)18)12-6-8-15-7-3-2-4-11(12)15/h10-13H,2-9H2,1H3,(H,17,18). The van der Waals surface area contributed by atoms with E-state index in [1.54, 1.807) is 0 Å². The van der Waals surface area contributed by atoms with Gasteiger partial charge in [0.25, 0.3) is 0 Å². The van der Waals surface area contributed by atoms with E-state index in [0.29, 0.717) is 18.0 Å². The summed E-state index contributed by atoms with van der Waals surface area (Å²) in [5, 5.41) is 9.46. The van der Waals surface area contributed by atoms with Gasteiger partial charge in [-0.25, -0.2) is 0 Å². The van der Waals surface area contributed by atoms with Crippen LogP contribution < -0.4 is 0 Å². The molecule has 0 aromatic rings. The Morgan fingerprint density at radius 3 is 2.67 bits per heavy atom. The zero-order valence-electron chi connectivity index (χ0n) is 11.2. The molecule has 3 aliphatic rings. The lowest BCUT2D eigenvalue weighted by molar-refractivity contribution is -0.144. The second-order valence-corrected chi connectivity index (χ2v) is 6.24. The Balaban J connectivity index is 1.76. The van der Waals surface area contributed by atoms with Crippen LogP contribution in [0.25, 0.3) is 0 Å². The highest BCUT2D eigenvalue weighted by atomic mass is 16.4. The van der Waals surface area contributed by atoms with Crippen LogP contribution in [-0.4, -0.2) is 58.6 Å². The lowest BCUT2D eigenvalue weighted by Crippen LogP contribution is -2.51. The topological polar surface area (TPSA) is 43.8 Å². The van der Waals surface area contributed by atoms with Gasteiger partial charge in [-0.05, 0) is 44.7 Å². The van der Waals surface area contributed by atoms with E-state index in [9.17, 15) is 9.90 Å². The number of carboxylic acid groups (broad SMARTS) is 1. The second kappa shape index (κ2) is 4.82. The molecule has 0 amide bonds. The van der Waals surface area contributed by atoms with Crippen LogP contribution in [0.5, 0.6) is 0 Å². The average molecular weight is 252 g/mol. The highest BCUT2D eigenvalue weighted by molar-refractivity contribution is 5.74. The molecule has 102 valence electrons. The Hall–Kier alpha value is -0.610. The van der Waals surface area contributed by atoms with E-state index < -0.39 is 5.97 Å². The van der Waals surface area contributed by atoms with Gasteiger partial charge in [-0.15, -0.1) is 0 Å². The molecule has 3 heterocycles. The van der Waals surface area contributed by atoms with Crippen LogP contribution >= 0.6 is 0 Å². The fraction of sp³-hybridized carbons (Fsp3) is 0.929. The fourth-order valence-corrected chi connectivity index (χ4v) is 4.34. The molecule has 0 saturated carbocycles. The van der Waals surface area contributed by atoms with Crippen LogP contribution in [-0.2, 0) is 4.79 Å². The van der Waals surface area contributed by atoms with Gasteiger partial charge in [0, 0.05) is 18.6 Å². The molecule has 0 aromatic heterocycles. The second-order valence-electron chi connectivity index (χ2n) is 6.24. The van der Waals surface area contributed by atoms with Crippen molar-refractivity contribution in [2.24, 2.45) is 5.92 Å². The van der Waals surface area contributed by atoms with E-state index in [0.717, 1.165) is 13.0 Å². The van der Waals surface area contributed by atoms with E-state index in [1.165, 1.54) is 38.8 Å². The maximum Gasteiger partial charge on any atom is 0.321 e. The number of likely N-dealkylation sites (tertiary alicyclic amines) is 1. The summed E-state index contributed by atoms with van der Waals surface area (Å²) in [5.41, 5.74) is 0. The summed E-state index contributed by atoms with van der Waals surface area (Å²) < 4.78 is 0. The van der Waals surface area contributed by atoms with E-state index in [4.69, 9.17) is 0 Å². The summed E-state index contributed by atoms with van der Waals surface area (Å²) in [4.78, 5) is 16.4. The number of aliphatic carboxylic acids is 1. The maximum absolute atomic E-state index is 11.5. The number of fused-ring (bicyclic) bond motifs is 1. The van der Waals surface area contributed by atoms with Crippen LogP contribution in [0.15, 0.2) is 0 Å². The molecule has 18 heavy (non-hydrogen) atoms. The molecule has 4 heteroatoms. The molecular weight excluding hydrogens is 228 g/mol. The largest absolute Gasteiger partial charge is 0.480 e. The van der Waals surface area contributed by atoms with E-state index in [2.05, 4.69) is 16.7 Å². The molecule has 0 bridgehead atoms. The van der Waals surface area contributed by atoms with Crippen LogP contribution in [0, 0.1) is 5.92 Å². The molecule has 3 rings (SSSR count). The smallest absolute Gasteiger partial charge is 0.321 e. The van der Waals surface area contributed by atoms with Gasteiger partial charge in [0.15, 0.2) is 0 Å². The lowest BCUT2D eigenvalue weighted by Gasteiger charge is -2.38. The van der Waals surface area contributed by atoms with Crippen molar-refractivity contribution in [1.82, 2.24) is 9.80 Å². The number of rotatable bonds is 2. The third-order valence-electron chi connectivity index (χ3n) is 5.24. The van der Waals surface area contributed by atoms with Crippen molar-refractivity contribution in [2.75, 3.05) is 19.6 Å². The number of carbonyl (C=O) groups is 1. The normalized spacial score (nSPS) is 42.1. The number of carboxylic acids is 1. The van der Waals surface area contributed by atoms with Gasteiger partial charge in [-0.2, -0.15) is 0 Å². The first-order chi connectivity index (χ1) is 8.68. The summed E-state index contributed by atoms with van der Waals surface area (Å²) in [6.45, 7) is 5.47. The maximum atomic E-state index is 11.5. The lowest BCUT2D eigenvalue weighted by atomic mass is 9.96. The number of hydrogen-bond acceptors (Lipinski definition) is 3. The summed E-state index contributed by atoms with van der Waals surface area (Å²) in [5.74, 6) is -0.311. The zero-order chi connectivity index (χ0) is 12.7. The first-order valence-electron chi connectivity index (χ1n) is 7.41. The molecule has 4 atom stereocenters. The molecule has 3 aliphatic heterocycles.